The first-order valence-corrected chi connectivity index (χ1v) is 10.2. The van der Waals surface area contributed by atoms with Crippen LogP contribution in [0.4, 0.5) is 0 Å². The lowest BCUT2D eigenvalue weighted by atomic mass is 9.82. The third-order valence-corrected chi connectivity index (χ3v) is 6.59. The Hall–Kier alpha value is -2.12. The van der Waals surface area contributed by atoms with Gasteiger partial charge in [0, 0.05) is 44.2 Å². The van der Waals surface area contributed by atoms with E-state index in [4.69, 9.17) is 9.47 Å². The molecule has 7 nitrogen and oxygen atoms in total. The Morgan fingerprint density at radius 3 is 2.50 bits per heavy atom. The predicted octanol–water partition coefficient (Wildman–Crippen LogP) is 0.843. The highest BCUT2D eigenvalue weighted by atomic mass is 16.5. The topological polar surface area (TPSA) is 62.3 Å². The highest BCUT2D eigenvalue weighted by molar-refractivity contribution is 5.94. The van der Waals surface area contributed by atoms with Crippen molar-refractivity contribution in [2.75, 3.05) is 53.0 Å². The van der Waals surface area contributed by atoms with E-state index in [1.165, 1.54) is 0 Å². The summed E-state index contributed by atoms with van der Waals surface area (Å²) in [6.45, 7) is 5.04. The number of hydrogen-bond acceptors (Lipinski definition) is 5. The molecule has 1 aromatic rings. The summed E-state index contributed by atoms with van der Waals surface area (Å²) in [6.07, 6.45) is 2.06. The summed E-state index contributed by atoms with van der Waals surface area (Å²) >= 11 is 0. The standard InChI is InChI=1S/C21H27N3O4/c1-27-18-6-4-16(5-7-18)19(25)22-10-17-11-28-9-8-24(17)21(12-22)13-23(14-21)20(26)15-2-3-15/h4-7,15,17H,2-3,8-14H2,1H3/t17-/m1/s1. The quantitative estimate of drug-likeness (QED) is 0.772. The molecule has 28 heavy (non-hydrogen) atoms. The molecule has 0 aromatic heterocycles. The second-order valence-electron chi connectivity index (χ2n) is 8.53. The Kier molecular flexibility index (Phi) is 4.32. The summed E-state index contributed by atoms with van der Waals surface area (Å²) in [7, 11) is 1.62. The summed E-state index contributed by atoms with van der Waals surface area (Å²) in [4.78, 5) is 32.1. The van der Waals surface area contributed by atoms with Crippen molar-refractivity contribution in [2.24, 2.45) is 5.92 Å². The Morgan fingerprint density at radius 1 is 1.11 bits per heavy atom. The van der Waals surface area contributed by atoms with Crippen LogP contribution in [0.15, 0.2) is 24.3 Å². The summed E-state index contributed by atoms with van der Waals surface area (Å²) in [6, 6.07) is 7.48. The second-order valence-corrected chi connectivity index (χ2v) is 8.53. The normalized spacial score (nSPS) is 26.5. The van der Waals surface area contributed by atoms with Gasteiger partial charge in [0.15, 0.2) is 0 Å². The van der Waals surface area contributed by atoms with Gasteiger partial charge in [-0.2, -0.15) is 0 Å². The number of fused-ring (bicyclic) bond motifs is 2. The summed E-state index contributed by atoms with van der Waals surface area (Å²) in [5.74, 6) is 1.33. The fourth-order valence-electron chi connectivity index (χ4n) is 4.96. The Balaban J connectivity index is 1.35. The van der Waals surface area contributed by atoms with Crippen LogP contribution in [0.3, 0.4) is 0 Å². The number of rotatable bonds is 3. The van der Waals surface area contributed by atoms with Crippen LogP contribution in [0, 0.1) is 5.92 Å². The van der Waals surface area contributed by atoms with Crippen molar-refractivity contribution in [1.82, 2.24) is 14.7 Å². The lowest BCUT2D eigenvalue weighted by molar-refractivity contribution is -0.173. The highest BCUT2D eigenvalue weighted by Gasteiger charge is 2.57. The number of amides is 2. The fraction of sp³-hybridized carbons (Fsp3) is 0.619. The first-order valence-electron chi connectivity index (χ1n) is 10.2. The molecule has 4 aliphatic rings. The van der Waals surface area contributed by atoms with E-state index in [2.05, 4.69) is 4.90 Å². The third kappa shape index (κ3) is 2.97. The van der Waals surface area contributed by atoms with Gasteiger partial charge in [-0.3, -0.25) is 14.5 Å². The van der Waals surface area contributed by atoms with Gasteiger partial charge in [0.2, 0.25) is 5.91 Å². The lowest BCUT2D eigenvalue weighted by Gasteiger charge is -2.63. The van der Waals surface area contributed by atoms with Gasteiger partial charge in [0.25, 0.3) is 5.91 Å². The molecule has 0 radical (unpaired) electrons. The van der Waals surface area contributed by atoms with Crippen molar-refractivity contribution in [3.63, 3.8) is 0 Å². The minimum absolute atomic E-state index is 0.0409. The van der Waals surface area contributed by atoms with Gasteiger partial charge in [0.05, 0.1) is 31.9 Å². The van der Waals surface area contributed by atoms with Crippen LogP contribution in [0.25, 0.3) is 0 Å². The number of carbonyl (C=O) groups excluding carboxylic acids is 2. The van der Waals surface area contributed by atoms with Crippen LogP contribution >= 0.6 is 0 Å². The molecule has 3 saturated heterocycles. The van der Waals surface area contributed by atoms with E-state index in [-0.39, 0.29) is 23.4 Å². The molecule has 7 heteroatoms. The molecule has 1 aliphatic carbocycles. The summed E-state index contributed by atoms with van der Waals surface area (Å²) < 4.78 is 10.9. The number of ether oxygens (including phenoxy) is 2. The first-order chi connectivity index (χ1) is 13.6. The van der Waals surface area contributed by atoms with Gasteiger partial charge in [-0.15, -0.1) is 0 Å². The van der Waals surface area contributed by atoms with E-state index in [0.29, 0.717) is 31.2 Å². The molecular weight excluding hydrogens is 358 g/mol. The minimum atomic E-state index is -0.126. The molecule has 3 aliphatic heterocycles. The molecule has 2 amide bonds. The second kappa shape index (κ2) is 6.74. The number of nitrogens with zero attached hydrogens (tertiary/aromatic N) is 3. The van der Waals surface area contributed by atoms with Crippen molar-refractivity contribution in [1.29, 1.82) is 0 Å². The maximum absolute atomic E-state index is 13.2. The smallest absolute Gasteiger partial charge is 0.253 e. The third-order valence-electron chi connectivity index (χ3n) is 6.59. The van der Waals surface area contributed by atoms with Crippen molar-refractivity contribution in [3.8, 4) is 5.75 Å². The van der Waals surface area contributed by atoms with Crippen LogP contribution in [0.2, 0.25) is 0 Å². The Bertz CT molecular complexity index is 770. The molecule has 4 fully saturated rings. The highest BCUT2D eigenvalue weighted by Crippen LogP contribution is 2.40. The SMILES string of the molecule is COc1ccc(C(=O)N2C[C@@H]3COCCN3C3(C2)CN(C(=O)C2CC2)C3)cc1. The molecule has 1 spiro atoms. The number of methoxy groups -OCH3 is 1. The average molecular weight is 385 g/mol. The van der Waals surface area contributed by atoms with Gasteiger partial charge >= 0.3 is 0 Å². The molecule has 1 saturated carbocycles. The van der Waals surface area contributed by atoms with Gasteiger partial charge in [0.1, 0.15) is 5.75 Å². The number of carbonyl (C=O) groups is 2. The first kappa shape index (κ1) is 17.9. The fourth-order valence-corrected chi connectivity index (χ4v) is 4.96. The summed E-state index contributed by atoms with van der Waals surface area (Å²) in [5.41, 5.74) is 0.547. The van der Waals surface area contributed by atoms with Crippen LogP contribution in [-0.2, 0) is 9.53 Å². The van der Waals surface area contributed by atoms with E-state index in [9.17, 15) is 9.59 Å². The molecular formula is C21H27N3O4. The number of likely N-dealkylation sites (tertiary alicyclic amines) is 1. The van der Waals surface area contributed by atoms with E-state index >= 15 is 0 Å². The maximum atomic E-state index is 13.2. The van der Waals surface area contributed by atoms with E-state index < -0.39 is 0 Å². The van der Waals surface area contributed by atoms with Crippen LogP contribution in [0.5, 0.6) is 5.75 Å². The zero-order chi connectivity index (χ0) is 19.3. The van der Waals surface area contributed by atoms with E-state index in [1.807, 2.05) is 34.1 Å². The largest absolute Gasteiger partial charge is 0.497 e. The van der Waals surface area contributed by atoms with Crippen molar-refractivity contribution in [3.05, 3.63) is 29.8 Å². The Morgan fingerprint density at radius 2 is 1.82 bits per heavy atom. The average Bonchev–Trinajstić information content (AvgIpc) is 3.55. The van der Waals surface area contributed by atoms with Gasteiger partial charge in [-0.25, -0.2) is 0 Å². The zero-order valence-electron chi connectivity index (χ0n) is 16.3. The Labute approximate surface area is 165 Å². The van der Waals surface area contributed by atoms with Gasteiger partial charge in [-0.1, -0.05) is 0 Å². The van der Waals surface area contributed by atoms with Crippen molar-refractivity contribution < 1.29 is 19.1 Å². The monoisotopic (exact) mass is 385 g/mol. The van der Waals surface area contributed by atoms with E-state index in [0.717, 1.165) is 44.8 Å². The van der Waals surface area contributed by atoms with Gasteiger partial charge in [-0.05, 0) is 37.1 Å². The van der Waals surface area contributed by atoms with Crippen LogP contribution in [-0.4, -0.2) is 91.1 Å². The molecule has 1 atom stereocenters. The maximum Gasteiger partial charge on any atom is 0.253 e. The minimum Gasteiger partial charge on any atom is -0.497 e. The molecule has 0 bridgehead atoms. The molecule has 1 aromatic carbocycles. The molecule has 0 N–H and O–H groups in total. The number of benzene rings is 1. The van der Waals surface area contributed by atoms with Crippen molar-refractivity contribution in [2.45, 2.75) is 24.4 Å². The number of piperazine rings is 1. The van der Waals surface area contributed by atoms with E-state index in [1.54, 1.807) is 7.11 Å². The number of hydrogen-bond donors (Lipinski definition) is 0. The molecule has 5 rings (SSSR count). The molecule has 150 valence electrons. The predicted molar refractivity (Wildman–Crippen MR) is 102 cm³/mol. The van der Waals surface area contributed by atoms with Gasteiger partial charge < -0.3 is 19.3 Å². The molecule has 0 unspecified atom stereocenters. The summed E-state index contributed by atoms with van der Waals surface area (Å²) in [5, 5.41) is 0. The lowest BCUT2D eigenvalue weighted by Crippen LogP contribution is -2.81. The van der Waals surface area contributed by atoms with Crippen molar-refractivity contribution >= 4 is 11.8 Å². The van der Waals surface area contributed by atoms with Crippen LogP contribution in [0.1, 0.15) is 23.2 Å². The number of morpholine rings is 1. The van der Waals surface area contributed by atoms with Crippen LogP contribution < -0.4 is 4.74 Å². The zero-order valence-corrected chi connectivity index (χ0v) is 16.3. The molecule has 3 heterocycles.